The molecule has 0 nitrogen and oxygen atoms in total. The van der Waals surface area contributed by atoms with Gasteiger partial charge in [-0.1, -0.05) is 176 Å². The number of hydrogen-bond acceptors (Lipinski definition) is 0. The molecule has 50 heavy (non-hydrogen) atoms. The van der Waals surface area contributed by atoms with Crippen molar-refractivity contribution in [2.24, 2.45) is 0 Å². The monoisotopic (exact) mass is 632 g/mol. The fourth-order valence-electron chi connectivity index (χ4n) is 8.07. The summed E-state index contributed by atoms with van der Waals surface area (Å²) in [6.07, 6.45) is 0. The van der Waals surface area contributed by atoms with E-state index in [2.05, 4.69) is 194 Å². The fourth-order valence-corrected chi connectivity index (χ4v) is 8.07. The molecule has 0 fully saturated rings. The third kappa shape index (κ3) is 4.61. The molecule has 0 amide bonds. The van der Waals surface area contributed by atoms with Crippen molar-refractivity contribution in [2.75, 3.05) is 0 Å². The second kappa shape index (κ2) is 11.6. The van der Waals surface area contributed by atoms with Crippen LogP contribution in [0, 0.1) is 0 Å². The number of fused-ring (bicyclic) bond motifs is 6. The van der Waals surface area contributed by atoms with Crippen LogP contribution in [0.5, 0.6) is 0 Å². The summed E-state index contributed by atoms with van der Waals surface area (Å²) in [6, 6.07) is 71.3. The Hall–Kier alpha value is -6.50. The summed E-state index contributed by atoms with van der Waals surface area (Å²) in [5, 5.41) is 12.7. The molecule has 0 spiro atoms. The number of hydrogen-bond donors (Lipinski definition) is 0. The Morgan fingerprint density at radius 2 is 0.680 bits per heavy atom. The van der Waals surface area contributed by atoms with Gasteiger partial charge in [-0.25, -0.2) is 0 Å². The highest BCUT2D eigenvalue weighted by Gasteiger charge is 2.17. The molecule has 0 radical (unpaired) electrons. The van der Waals surface area contributed by atoms with Crippen LogP contribution in [0.25, 0.3) is 98.4 Å². The van der Waals surface area contributed by atoms with E-state index in [9.17, 15) is 0 Å². The van der Waals surface area contributed by atoms with Crippen molar-refractivity contribution in [2.45, 2.75) is 0 Å². The van der Waals surface area contributed by atoms with E-state index >= 15 is 0 Å². The Morgan fingerprint density at radius 1 is 0.200 bits per heavy atom. The highest BCUT2D eigenvalue weighted by molar-refractivity contribution is 6.22. The molecule has 0 saturated carbocycles. The van der Waals surface area contributed by atoms with Crippen molar-refractivity contribution in [3.63, 3.8) is 0 Å². The van der Waals surface area contributed by atoms with Gasteiger partial charge < -0.3 is 0 Å². The molecule has 0 aliphatic heterocycles. The molecular weight excluding hydrogens is 601 g/mol. The van der Waals surface area contributed by atoms with Gasteiger partial charge in [-0.05, 0) is 117 Å². The molecule has 0 aliphatic rings. The van der Waals surface area contributed by atoms with Crippen LogP contribution in [-0.2, 0) is 0 Å². The highest BCUT2D eigenvalue weighted by Crippen LogP contribution is 2.44. The van der Waals surface area contributed by atoms with Crippen LogP contribution in [0.4, 0.5) is 0 Å². The van der Waals surface area contributed by atoms with Gasteiger partial charge in [0.05, 0.1) is 0 Å². The van der Waals surface area contributed by atoms with E-state index in [4.69, 9.17) is 0 Å². The Labute approximate surface area is 291 Å². The first kappa shape index (κ1) is 28.5. The zero-order valence-electron chi connectivity index (χ0n) is 27.5. The Morgan fingerprint density at radius 3 is 1.36 bits per heavy atom. The van der Waals surface area contributed by atoms with Crippen molar-refractivity contribution in [3.05, 3.63) is 194 Å². The average Bonchev–Trinajstić information content (AvgIpc) is 3.19. The second-order valence-corrected chi connectivity index (χ2v) is 13.3. The van der Waals surface area contributed by atoms with Crippen molar-refractivity contribution >= 4 is 53.9 Å². The molecule has 10 aromatic rings. The number of benzene rings is 10. The maximum atomic E-state index is 2.36. The lowest BCUT2D eigenvalue weighted by molar-refractivity contribution is 1.63. The molecule has 10 rings (SSSR count). The molecule has 0 heterocycles. The largest absolute Gasteiger partial charge is 0.0622 e. The lowest BCUT2D eigenvalue weighted by atomic mass is 9.85. The first-order valence-corrected chi connectivity index (χ1v) is 17.3. The normalized spacial score (nSPS) is 11.6. The topological polar surface area (TPSA) is 0 Å². The van der Waals surface area contributed by atoms with Gasteiger partial charge in [0.2, 0.25) is 0 Å². The maximum absolute atomic E-state index is 2.36. The van der Waals surface area contributed by atoms with E-state index in [0.29, 0.717) is 0 Å². The van der Waals surface area contributed by atoms with Crippen LogP contribution < -0.4 is 0 Å². The smallest absolute Gasteiger partial charge is 0.00262 e. The van der Waals surface area contributed by atoms with Crippen LogP contribution in [0.1, 0.15) is 0 Å². The minimum atomic E-state index is 1.21. The van der Waals surface area contributed by atoms with Gasteiger partial charge in [-0.2, -0.15) is 0 Å². The molecule has 232 valence electrons. The number of rotatable bonds is 4. The minimum Gasteiger partial charge on any atom is -0.0622 e. The van der Waals surface area contributed by atoms with Crippen LogP contribution in [0.15, 0.2) is 194 Å². The Balaban J connectivity index is 1.12. The van der Waals surface area contributed by atoms with Crippen LogP contribution in [0.2, 0.25) is 0 Å². The zero-order chi connectivity index (χ0) is 33.0. The fraction of sp³-hybridized carbons (Fsp3) is 0. The zero-order valence-corrected chi connectivity index (χ0v) is 27.5. The molecule has 0 aliphatic carbocycles. The molecule has 0 bridgehead atoms. The molecule has 0 saturated heterocycles. The van der Waals surface area contributed by atoms with Gasteiger partial charge in [0, 0.05) is 0 Å². The Kier molecular flexibility index (Phi) is 6.60. The lowest BCUT2D eigenvalue weighted by Crippen LogP contribution is -1.91. The average molecular weight is 633 g/mol. The Bertz CT molecular complexity index is 2840. The third-order valence-electron chi connectivity index (χ3n) is 10.4. The van der Waals surface area contributed by atoms with E-state index in [-0.39, 0.29) is 0 Å². The van der Waals surface area contributed by atoms with E-state index in [1.165, 1.54) is 98.4 Å². The summed E-state index contributed by atoms with van der Waals surface area (Å²) < 4.78 is 0. The van der Waals surface area contributed by atoms with Gasteiger partial charge in [-0.15, -0.1) is 0 Å². The summed E-state index contributed by atoms with van der Waals surface area (Å²) in [7, 11) is 0. The summed E-state index contributed by atoms with van der Waals surface area (Å²) in [4.78, 5) is 0. The SMILES string of the molecule is c1ccc(-c2cc3cc(-c4ccc(-c5c6ccccc6c(-c6ccc7ccccc7c6)c6ccccc56)cc4)ccc3c3ccccc23)cc1. The molecule has 0 heteroatoms. The predicted molar refractivity (Wildman–Crippen MR) is 216 cm³/mol. The lowest BCUT2D eigenvalue weighted by Gasteiger charge is -2.18. The van der Waals surface area contributed by atoms with E-state index < -0.39 is 0 Å². The molecular formula is C50H32. The molecule has 10 aromatic carbocycles. The first-order valence-electron chi connectivity index (χ1n) is 17.3. The van der Waals surface area contributed by atoms with E-state index in [1.54, 1.807) is 0 Å². The molecule has 0 N–H and O–H groups in total. The van der Waals surface area contributed by atoms with E-state index in [0.717, 1.165) is 0 Å². The predicted octanol–water partition coefficient (Wildman–Crippen LogP) is 14.1. The highest BCUT2D eigenvalue weighted by atomic mass is 14.2. The van der Waals surface area contributed by atoms with Gasteiger partial charge in [-0.3, -0.25) is 0 Å². The van der Waals surface area contributed by atoms with Gasteiger partial charge in [0.15, 0.2) is 0 Å². The van der Waals surface area contributed by atoms with E-state index in [1.807, 2.05) is 0 Å². The molecule has 0 unspecified atom stereocenters. The van der Waals surface area contributed by atoms with Gasteiger partial charge >= 0.3 is 0 Å². The second-order valence-electron chi connectivity index (χ2n) is 13.3. The van der Waals surface area contributed by atoms with Crippen molar-refractivity contribution in [3.8, 4) is 44.5 Å². The molecule has 0 aromatic heterocycles. The van der Waals surface area contributed by atoms with Gasteiger partial charge in [0.25, 0.3) is 0 Å². The summed E-state index contributed by atoms with van der Waals surface area (Å²) in [5.74, 6) is 0. The van der Waals surface area contributed by atoms with Crippen LogP contribution >= 0.6 is 0 Å². The minimum absolute atomic E-state index is 1.21. The van der Waals surface area contributed by atoms with Gasteiger partial charge in [0.1, 0.15) is 0 Å². The summed E-state index contributed by atoms with van der Waals surface area (Å²) in [5.41, 5.74) is 10.00. The maximum Gasteiger partial charge on any atom is -0.00262 e. The first-order chi connectivity index (χ1) is 24.8. The molecule has 0 atom stereocenters. The van der Waals surface area contributed by atoms with Crippen LogP contribution in [0.3, 0.4) is 0 Å². The van der Waals surface area contributed by atoms with Crippen LogP contribution in [-0.4, -0.2) is 0 Å². The van der Waals surface area contributed by atoms with Crippen molar-refractivity contribution < 1.29 is 0 Å². The third-order valence-corrected chi connectivity index (χ3v) is 10.4. The standard InChI is InChI=1S/C50H32/c1-2-13-35(14-3-1)48-32-40-31-38(28-29-41(40)42-16-6-7-17-43(42)48)34-22-25-36(26-23-34)49-44-18-8-10-20-46(44)50(47-21-11-9-19-45(47)49)39-27-24-33-12-4-5-15-37(33)30-39/h1-32H. The quantitative estimate of drug-likeness (QED) is 0.134. The summed E-state index contributed by atoms with van der Waals surface area (Å²) >= 11 is 0. The summed E-state index contributed by atoms with van der Waals surface area (Å²) in [6.45, 7) is 0. The van der Waals surface area contributed by atoms with Crippen molar-refractivity contribution in [1.29, 1.82) is 0 Å². The van der Waals surface area contributed by atoms with Crippen molar-refractivity contribution in [1.82, 2.24) is 0 Å².